The van der Waals surface area contributed by atoms with Crippen LogP contribution >= 0.6 is 15.9 Å². The minimum Gasteiger partial charge on any atom is -0.319 e. The summed E-state index contributed by atoms with van der Waals surface area (Å²) in [5.74, 6) is -0.874. The van der Waals surface area contributed by atoms with Gasteiger partial charge in [0.2, 0.25) is 0 Å². The molecule has 0 aliphatic heterocycles. The third-order valence-corrected chi connectivity index (χ3v) is 3.55. The smallest absolute Gasteiger partial charge is 0.255 e. The molecular weight excluding hydrogens is 349 g/mol. The van der Waals surface area contributed by atoms with E-state index in [-0.39, 0.29) is 11.6 Å². The highest BCUT2D eigenvalue weighted by Gasteiger charge is 2.10. The SMILES string of the molecule is O=C(Nc1ccc(Br)cc1F)c1cccc(-n2cccn2)c1. The molecule has 0 radical (unpaired) electrons. The highest BCUT2D eigenvalue weighted by atomic mass is 79.9. The molecule has 6 heteroatoms. The van der Waals surface area contributed by atoms with Crippen molar-refractivity contribution in [2.24, 2.45) is 0 Å². The molecule has 0 spiro atoms. The predicted octanol–water partition coefficient (Wildman–Crippen LogP) is 4.03. The lowest BCUT2D eigenvalue weighted by atomic mass is 10.2. The first-order valence-corrected chi connectivity index (χ1v) is 7.29. The van der Waals surface area contributed by atoms with E-state index in [1.54, 1.807) is 47.4 Å². The molecular formula is C16H11BrFN3O. The number of benzene rings is 2. The average Bonchev–Trinajstić information content (AvgIpc) is 3.04. The summed E-state index contributed by atoms with van der Waals surface area (Å²) in [6.07, 6.45) is 3.44. The van der Waals surface area contributed by atoms with E-state index >= 15 is 0 Å². The molecule has 0 aliphatic carbocycles. The van der Waals surface area contributed by atoms with Crippen LogP contribution in [0.2, 0.25) is 0 Å². The summed E-state index contributed by atoms with van der Waals surface area (Å²) < 4.78 is 16.0. The summed E-state index contributed by atoms with van der Waals surface area (Å²) >= 11 is 3.18. The van der Waals surface area contributed by atoms with Crippen LogP contribution in [0.4, 0.5) is 10.1 Å². The van der Waals surface area contributed by atoms with Crippen LogP contribution in [0.3, 0.4) is 0 Å². The van der Waals surface area contributed by atoms with E-state index in [1.165, 1.54) is 12.1 Å². The van der Waals surface area contributed by atoms with Gasteiger partial charge in [-0.15, -0.1) is 0 Å². The number of hydrogen-bond donors (Lipinski definition) is 1. The van der Waals surface area contributed by atoms with Crippen molar-refractivity contribution in [3.8, 4) is 5.69 Å². The topological polar surface area (TPSA) is 46.9 Å². The van der Waals surface area contributed by atoms with Crippen molar-refractivity contribution in [1.82, 2.24) is 9.78 Å². The maximum absolute atomic E-state index is 13.8. The number of carbonyl (C=O) groups excluding carboxylic acids is 1. The molecule has 0 fully saturated rings. The minimum absolute atomic E-state index is 0.137. The third kappa shape index (κ3) is 3.07. The Bertz CT molecular complexity index is 818. The second-order valence-electron chi connectivity index (χ2n) is 4.58. The van der Waals surface area contributed by atoms with Crippen LogP contribution in [-0.4, -0.2) is 15.7 Å². The molecule has 2 aromatic carbocycles. The van der Waals surface area contributed by atoms with E-state index < -0.39 is 5.82 Å². The van der Waals surface area contributed by atoms with Crippen molar-refractivity contribution in [3.63, 3.8) is 0 Å². The fraction of sp³-hybridized carbons (Fsp3) is 0. The van der Waals surface area contributed by atoms with E-state index in [4.69, 9.17) is 0 Å². The standard InChI is InChI=1S/C16H11BrFN3O/c17-12-5-6-15(14(18)10-12)20-16(22)11-3-1-4-13(9-11)21-8-2-7-19-21/h1-10H,(H,20,22). The summed E-state index contributed by atoms with van der Waals surface area (Å²) in [7, 11) is 0. The van der Waals surface area contributed by atoms with E-state index in [2.05, 4.69) is 26.3 Å². The molecule has 1 amide bonds. The summed E-state index contributed by atoms with van der Waals surface area (Å²) in [5.41, 5.74) is 1.32. The van der Waals surface area contributed by atoms with Gasteiger partial charge in [-0.05, 0) is 42.5 Å². The molecule has 0 saturated carbocycles. The largest absolute Gasteiger partial charge is 0.319 e. The van der Waals surface area contributed by atoms with Crippen LogP contribution in [0.25, 0.3) is 5.69 Å². The molecule has 0 saturated heterocycles. The number of halogens is 2. The Morgan fingerprint density at radius 2 is 2.05 bits per heavy atom. The third-order valence-electron chi connectivity index (χ3n) is 3.06. The monoisotopic (exact) mass is 359 g/mol. The normalized spacial score (nSPS) is 10.5. The number of rotatable bonds is 3. The van der Waals surface area contributed by atoms with Crippen molar-refractivity contribution >= 4 is 27.5 Å². The molecule has 110 valence electrons. The molecule has 0 aliphatic rings. The lowest BCUT2D eigenvalue weighted by Gasteiger charge is -2.08. The van der Waals surface area contributed by atoms with Crippen molar-refractivity contribution in [2.45, 2.75) is 0 Å². The molecule has 0 atom stereocenters. The zero-order valence-corrected chi connectivity index (χ0v) is 12.9. The number of carbonyl (C=O) groups is 1. The molecule has 1 N–H and O–H groups in total. The molecule has 0 unspecified atom stereocenters. The van der Waals surface area contributed by atoms with Crippen molar-refractivity contribution in [1.29, 1.82) is 0 Å². The quantitative estimate of drug-likeness (QED) is 0.767. The maximum Gasteiger partial charge on any atom is 0.255 e. The lowest BCUT2D eigenvalue weighted by Crippen LogP contribution is -2.13. The number of hydrogen-bond acceptors (Lipinski definition) is 2. The summed E-state index contributed by atoms with van der Waals surface area (Å²) in [6, 6.07) is 13.2. The Hall–Kier alpha value is -2.47. The van der Waals surface area contributed by atoms with Gasteiger partial charge < -0.3 is 5.32 Å². The van der Waals surface area contributed by atoms with Crippen molar-refractivity contribution in [2.75, 3.05) is 5.32 Å². The molecule has 1 aromatic heterocycles. The van der Waals surface area contributed by atoms with Gasteiger partial charge in [-0.3, -0.25) is 4.79 Å². The number of anilines is 1. The fourth-order valence-corrected chi connectivity index (χ4v) is 2.33. The van der Waals surface area contributed by atoms with Gasteiger partial charge in [0.15, 0.2) is 0 Å². The predicted molar refractivity (Wildman–Crippen MR) is 85.6 cm³/mol. The number of nitrogens with one attached hydrogen (secondary N) is 1. The summed E-state index contributed by atoms with van der Waals surface area (Å²) in [5, 5.41) is 6.68. The van der Waals surface area contributed by atoms with Gasteiger partial charge in [-0.2, -0.15) is 5.10 Å². The molecule has 1 heterocycles. The van der Waals surface area contributed by atoms with Gasteiger partial charge in [0, 0.05) is 22.4 Å². The Kier molecular flexibility index (Phi) is 4.02. The van der Waals surface area contributed by atoms with Crippen LogP contribution < -0.4 is 5.32 Å². The van der Waals surface area contributed by atoms with Gasteiger partial charge in [0.05, 0.1) is 11.4 Å². The second-order valence-corrected chi connectivity index (χ2v) is 5.49. The molecule has 3 aromatic rings. The Balaban J connectivity index is 1.85. The first kappa shape index (κ1) is 14.5. The van der Waals surface area contributed by atoms with Crippen LogP contribution in [0, 0.1) is 5.82 Å². The van der Waals surface area contributed by atoms with Crippen LogP contribution in [0.1, 0.15) is 10.4 Å². The highest BCUT2D eigenvalue weighted by molar-refractivity contribution is 9.10. The van der Waals surface area contributed by atoms with Crippen molar-refractivity contribution < 1.29 is 9.18 Å². The number of nitrogens with zero attached hydrogens (tertiary/aromatic N) is 2. The van der Waals surface area contributed by atoms with Crippen LogP contribution in [0.5, 0.6) is 0 Å². The fourth-order valence-electron chi connectivity index (χ4n) is 2.00. The molecule has 22 heavy (non-hydrogen) atoms. The van der Waals surface area contributed by atoms with Gasteiger partial charge >= 0.3 is 0 Å². The summed E-state index contributed by atoms with van der Waals surface area (Å²) in [4.78, 5) is 12.3. The summed E-state index contributed by atoms with van der Waals surface area (Å²) in [6.45, 7) is 0. The van der Waals surface area contributed by atoms with Gasteiger partial charge in [-0.25, -0.2) is 9.07 Å². The van der Waals surface area contributed by atoms with E-state index in [1.807, 2.05) is 6.07 Å². The minimum atomic E-state index is -0.494. The van der Waals surface area contributed by atoms with Crippen LogP contribution in [0.15, 0.2) is 65.4 Å². The number of amides is 1. The van der Waals surface area contributed by atoms with Crippen LogP contribution in [-0.2, 0) is 0 Å². The Labute approximate surface area is 134 Å². The highest BCUT2D eigenvalue weighted by Crippen LogP contribution is 2.20. The first-order chi connectivity index (χ1) is 10.6. The van der Waals surface area contributed by atoms with Crippen molar-refractivity contribution in [3.05, 3.63) is 76.8 Å². The van der Waals surface area contributed by atoms with Gasteiger partial charge in [-0.1, -0.05) is 22.0 Å². The first-order valence-electron chi connectivity index (χ1n) is 6.50. The van der Waals surface area contributed by atoms with E-state index in [0.29, 0.717) is 10.0 Å². The second kappa shape index (κ2) is 6.11. The van der Waals surface area contributed by atoms with Gasteiger partial charge in [0.1, 0.15) is 5.82 Å². The lowest BCUT2D eigenvalue weighted by molar-refractivity contribution is 0.102. The average molecular weight is 360 g/mol. The van der Waals surface area contributed by atoms with E-state index in [0.717, 1.165) is 5.69 Å². The molecule has 0 bridgehead atoms. The van der Waals surface area contributed by atoms with E-state index in [9.17, 15) is 9.18 Å². The zero-order valence-electron chi connectivity index (χ0n) is 11.3. The Morgan fingerprint density at radius 3 is 2.77 bits per heavy atom. The molecule has 4 nitrogen and oxygen atoms in total. The maximum atomic E-state index is 13.8. The number of aromatic nitrogens is 2. The molecule has 3 rings (SSSR count). The Morgan fingerprint density at radius 1 is 1.18 bits per heavy atom. The zero-order chi connectivity index (χ0) is 15.5. The van der Waals surface area contributed by atoms with Gasteiger partial charge in [0.25, 0.3) is 5.91 Å².